The Kier molecular flexibility index (Phi) is 7.13. The smallest absolute Gasteiger partial charge is 0.322 e. The number of aryl methyl sites for hydroxylation is 1. The van der Waals surface area contributed by atoms with Gasteiger partial charge >= 0.3 is 6.03 Å². The number of methoxy groups -OCH3 is 1. The van der Waals surface area contributed by atoms with Gasteiger partial charge in [-0.2, -0.15) is 0 Å². The topological polar surface area (TPSA) is 71.1 Å². The number of rotatable bonds is 8. The molecule has 1 aliphatic heterocycles. The van der Waals surface area contributed by atoms with Gasteiger partial charge in [-0.3, -0.25) is 4.79 Å². The van der Waals surface area contributed by atoms with E-state index in [-0.39, 0.29) is 30.6 Å². The molecule has 2 aliphatic rings. The number of anilines is 1. The summed E-state index contributed by atoms with van der Waals surface area (Å²) in [5.74, 6) is 1.24. The number of para-hydroxylation sites is 2. The molecule has 36 heavy (non-hydrogen) atoms. The summed E-state index contributed by atoms with van der Waals surface area (Å²) in [6, 6.07) is 16.9. The number of amides is 3. The molecule has 1 fully saturated rings. The third-order valence-electron chi connectivity index (χ3n) is 6.74. The van der Waals surface area contributed by atoms with Crippen molar-refractivity contribution in [1.29, 1.82) is 0 Å². The van der Waals surface area contributed by atoms with Crippen LogP contribution in [-0.2, 0) is 11.2 Å². The van der Waals surface area contributed by atoms with Crippen molar-refractivity contribution in [2.75, 3.05) is 32.1 Å². The highest BCUT2D eigenvalue weighted by atomic mass is 32.1. The number of hydrogen-bond donors (Lipinski definition) is 1. The van der Waals surface area contributed by atoms with Crippen LogP contribution in [0.2, 0.25) is 0 Å². The minimum absolute atomic E-state index is 0.0486. The van der Waals surface area contributed by atoms with Gasteiger partial charge in [-0.15, -0.1) is 11.3 Å². The molecule has 0 radical (unpaired) electrons. The van der Waals surface area contributed by atoms with Crippen LogP contribution in [0.3, 0.4) is 0 Å². The standard InChI is InChI=1S/C28H31N3O4S/c1-19-7-9-20(10-8-19)29-28(33)31(21-11-12-21)17-27(32)30-15-13-26-22(14-16-36-26)23(30)18-35-25-6-4-3-5-24(25)34-2/h3-10,14,16,21,23H,11-13,15,17-18H2,1-2H3,(H,29,33)/t23-/m1/s1. The molecule has 1 saturated carbocycles. The number of carbonyl (C=O) groups excluding carboxylic acids is 2. The number of benzene rings is 2. The van der Waals surface area contributed by atoms with Gasteiger partial charge in [-0.1, -0.05) is 29.8 Å². The van der Waals surface area contributed by atoms with Gasteiger partial charge in [-0.25, -0.2) is 4.79 Å². The average molecular weight is 506 g/mol. The van der Waals surface area contributed by atoms with Crippen molar-refractivity contribution in [2.24, 2.45) is 0 Å². The Morgan fingerprint density at radius 2 is 1.83 bits per heavy atom. The molecule has 188 valence electrons. The number of ether oxygens (including phenoxy) is 2. The van der Waals surface area contributed by atoms with Crippen molar-refractivity contribution in [3.8, 4) is 11.5 Å². The van der Waals surface area contributed by atoms with Crippen LogP contribution in [0, 0.1) is 6.92 Å². The van der Waals surface area contributed by atoms with E-state index in [1.54, 1.807) is 23.3 Å². The molecule has 3 amide bonds. The summed E-state index contributed by atoms with van der Waals surface area (Å²) in [5.41, 5.74) is 2.98. The predicted molar refractivity (Wildman–Crippen MR) is 141 cm³/mol. The summed E-state index contributed by atoms with van der Waals surface area (Å²) in [5, 5.41) is 5.03. The zero-order valence-electron chi connectivity index (χ0n) is 20.6. The molecule has 0 bridgehead atoms. The highest BCUT2D eigenvalue weighted by Gasteiger charge is 2.38. The molecule has 2 heterocycles. The molecule has 1 atom stereocenters. The van der Waals surface area contributed by atoms with E-state index in [0.29, 0.717) is 24.7 Å². The minimum Gasteiger partial charge on any atom is -0.493 e. The fraction of sp³-hybridized carbons (Fsp3) is 0.357. The van der Waals surface area contributed by atoms with Crippen molar-refractivity contribution in [3.63, 3.8) is 0 Å². The Hall–Kier alpha value is -3.52. The Balaban J connectivity index is 1.31. The second-order valence-corrected chi connectivity index (χ2v) is 10.3. The number of hydrogen-bond acceptors (Lipinski definition) is 5. The lowest BCUT2D eigenvalue weighted by molar-refractivity contribution is -0.135. The zero-order chi connectivity index (χ0) is 25.1. The Morgan fingerprint density at radius 1 is 1.08 bits per heavy atom. The molecule has 2 aromatic carbocycles. The second-order valence-electron chi connectivity index (χ2n) is 9.27. The maximum Gasteiger partial charge on any atom is 0.322 e. The summed E-state index contributed by atoms with van der Waals surface area (Å²) in [6.07, 6.45) is 2.65. The summed E-state index contributed by atoms with van der Waals surface area (Å²) >= 11 is 1.72. The number of carbonyl (C=O) groups is 2. The van der Waals surface area contributed by atoms with Crippen molar-refractivity contribution < 1.29 is 19.1 Å². The molecular formula is C28H31N3O4S. The lowest BCUT2D eigenvalue weighted by Crippen LogP contribution is -2.49. The molecule has 8 heteroatoms. The van der Waals surface area contributed by atoms with Crippen LogP contribution in [0.15, 0.2) is 60.0 Å². The largest absolute Gasteiger partial charge is 0.493 e. The first-order valence-electron chi connectivity index (χ1n) is 12.3. The maximum absolute atomic E-state index is 13.6. The van der Waals surface area contributed by atoms with E-state index < -0.39 is 0 Å². The van der Waals surface area contributed by atoms with E-state index in [9.17, 15) is 9.59 Å². The first-order chi connectivity index (χ1) is 17.5. The minimum atomic E-state index is -0.232. The normalized spacial score (nSPS) is 16.7. The third kappa shape index (κ3) is 5.33. The van der Waals surface area contributed by atoms with Crippen LogP contribution in [0.4, 0.5) is 10.5 Å². The van der Waals surface area contributed by atoms with Gasteiger partial charge in [0.1, 0.15) is 13.2 Å². The first kappa shape index (κ1) is 24.2. The Morgan fingerprint density at radius 3 is 2.56 bits per heavy atom. The highest BCUT2D eigenvalue weighted by Crippen LogP contribution is 2.36. The summed E-state index contributed by atoms with van der Waals surface area (Å²) in [6.45, 7) is 2.97. The summed E-state index contributed by atoms with van der Waals surface area (Å²) in [7, 11) is 1.61. The van der Waals surface area contributed by atoms with Crippen molar-refractivity contribution in [3.05, 3.63) is 76.0 Å². The Labute approximate surface area is 215 Å². The molecule has 7 nitrogen and oxygen atoms in total. The van der Waals surface area contributed by atoms with E-state index in [2.05, 4.69) is 16.8 Å². The fourth-order valence-corrected chi connectivity index (χ4v) is 5.53. The molecule has 3 aromatic rings. The zero-order valence-corrected chi connectivity index (χ0v) is 21.4. The molecule has 1 N–H and O–H groups in total. The van der Waals surface area contributed by atoms with Gasteiger partial charge in [0, 0.05) is 23.2 Å². The lowest BCUT2D eigenvalue weighted by Gasteiger charge is -2.37. The molecule has 5 rings (SSSR count). The monoisotopic (exact) mass is 505 g/mol. The van der Waals surface area contributed by atoms with E-state index in [1.807, 2.05) is 60.4 Å². The van der Waals surface area contributed by atoms with E-state index in [4.69, 9.17) is 9.47 Å². The fourth-order valence-electron chi connectivity index (χ4n) is 4.60. The van der Waals surface area contributed by atoms with E-state index in [0.717, 1.165) is 36.1 Å². The molecule has 0 spiro atoms. The van der Waals surface area contributed by atoms with Crippen LogP contribution < -0.4 is 14.8 Å². The number of thiophene rings is 1. The number of urea groups is 1. The first-order valence-corrected chi connectivity index (χ1v) is 13.2. The van der Waals surface area contributed by atoms with Gasteiger partial charge in [0.2, 0.25) is 5.91 Å². The van der Waals surface area contributed by atoms with Gasteiger partial charge < -0.3 is 24.6 Å². The summed E-state index contributed by atoms with van der Waals surface area (Å²) in [4.78, 5) is 31.6. The van der Waals surface area contributed by atoms with Crippen molar-refractivity contribution >= 4 is 29.0 Å². The van der Waals surface area contributed by atoms with Gasteiger partial charge in [0.05, 0.1) is 13.2 Å². The third-order valence-corrected chi connectivity index (χ3v) is 7.73. The van der Waals surface area contributed by atoms with Gasteiger partial charge in [-0.05, 0) is 67.5 Å². The van der Waals surface area contributed by atoms with E-state index >= 15 is 0 Å². The molecule has 1 aromatic heterocycles. The van der Waals surface area contributed by atoms with Crippen LogP contribution >= 0.6 is 11.3 Å². The van der Waals surface area contributed by atoms with Crippen LogP contribution in [0.1, 0.15) is 34.9 Å². The second kappa shape index (κ2) is 10.6. The van der Waals surface area contributed by atoms with E-state index in [1.165, 1.54) is 4.88 Å². The van der Waals surface area contributed by atoms with Crippen LogP contribution in [0.5, 0.6) is 11.5 Å². The van der Waals surface area contributed by atoms with Gasteiger partial charge in [0.25, 0.3) is 0 Å². The highest BCUT2D eigenvalue weighted by molar-refractivity contribution is 7.10. The number of nitrogens with one attached hydrogen (secondary N) is 1. The maximum atomic E-state index is 13.6. The lowest BCUT2D eigenvalue weighted by atomic mass is 10.0. The molecule has 1 aliphatic carbocycles. The van der Waals surface area contributed by atoms with Crippen molar-refractivity contribution in [2.45, 2.75) is 38.3 Å². The van der Waals surface area contributed by atoms with Crippen LogP contribution in [0.25, 0.3) is 0 Å². The Bertz CT molecular complexity index is 1220. The number of fused-ring (bicyclic) bond motifs is 1. The summed E-state index contributed by atoms with van der Waals surface area (Å²) < 4.78 is 11.6. The molecule has 0 saturated heterocycles. The van der Waals surface area contributed by atoms with Gasteiger partial charge in [0.15, 0.2) is 11.5 Å². The molecular weight excluding hydrogens is 474 g/mol. The van der Waals surface area contributed by atoms with Crippen LogP contribution in [-0.4, -0.2) is 54.6 Å². The average Bonchev–Trinajstić information content (AvgIpc) is 3.62. The number of nitrogens with zero attached hydrogens (tertiary/aromatic N) is 2. The van der Waals surface area contributed by atoms with Crippen molar-refractivity contribution in [1.82, 2.24) is 9.80 Å². The quantitative estimate of drug-likeness (QED) is 0.453. The molecule has 0 unspecified atom stereocenters. The SMILES string of the molecule is COc1ccccc1OC[C@@H]1c2ccsc2CCN1C(=O)CN(C(=O)Nc1ccc(C)cc1)C1CC1. The predicted octanol–water partition coefficient (Wildman–Crippen LogP) is 5.27.